The Morgan fingerprint density at radius 3 is 2.46 bits per heavy atom. The Morgan fingerprint density at radius 1 is 0.897 bits per heavy atom. The van der Waals surface area contributed by atoms with Crippen LogP contribution < -0.4 is 5.56 Å². The van der Waals surface area contributed by atoms with E-state index < -0.39 is 0 Å². The van der Waals surface area contributed by atoms with E-state index in [1.165, 1.54) is 16.7 Å². The maximum absolute atomic E-state index is 13.2. The molecule has 7 heteroatoms. The zero-order chi connectivity index (χ0) is 27.2. The van der Waals surface area contributed by atoms with Gasteiger partial charge < -0.3 is 4.98 Å². The van der Waals surface area contributed by atoms with Gasteiger partial charge in [-0.3, -0.25) is 9.69 Å². The Bertz CT molecular complexity index is 1590. The van der Waals surface area contributed by atoms with Gasteiger partial charge in [0, 0.05) is 25.2 Å². The summed E-state index contributed by atoms with van der Waals surface area (Å²) in [6.07, 6.45) is 2.55. The number of H-pyrrole nitrogens is 1. The van der Waals surface area contributed by atoms with Crippen LogP contribution in [0.2, 0.25) is 0 Å². The van der Waals surface area contributed by atoms with Crippen LogP contribution in [0.5, 0.6) is 0 Å². The molecule has 0 radical (unpaired) electrons. The molecule has 1 atom stereocenters. The Morgan fingerprint density at radius 2 is 1.67 bits per heavy atom. The lowest BCUT2D eigenvalue weighted by Crippen LogP contribution is -2.34. The lowest BCUT2D eigenvalue weighted by molar-refractivity contribution is 0.171. The fourth-order valence-corrected chi connectivity index (χ4v) is 5.36. The second-order valence-electron chi connectivity index (χ2n) is 10.2. The number of aromatic amines is 1. The first kappa shape index (κ1) is 26.5. The van der Waals surface area contributed by atoms with Crippen molar-refractivity contribution in [3.63, 3.8) is 0 Å². The van der Waals surface area contributed by atoms with Gasteiger partial charge in [0.2, 0.25) is 0 Å². The molecule has 5 rings (SSSR count). The van der Waals surface area contributed by atoms with Crippen LogP contribution in [0, 0.1) is 13.8 Å². The highest BCUT2D eigenvalue weighted by Crippen LogP contribution is 2.26. The minimum Gasteiger partial charge on any atom is -0.321 e. The van der Waals surface area contributed by atoms with Gasteiger partial charge in [-0.2, -0.15) is 0 Å². The number of para-hydroxylation sites is 1. The number of tetrazole rings is 1. The van der Waals surface area contributed by atoms with Gasteiger partial charge in [-0.1, -0.05) is 79.7 Å². The molecule has 2 heterocycles. The summed E-state index contributed by atoms with van der Waals surface area (Å²) in [5, 5.41) is 14.0. The predicted molar refractivity (Wildman–Crippen MR) is 156 cm³/mol. The molecule has 7 nitrogen and oxygen atoms in total. The van der Waals surface area contributed by atoms with Crippen LogP contribution in [0.25, 0.3) is 10.9 Å². The van der Waals surface area contributed by atoms with Crippen molar-refractivity contribution < 1.29 is 0 Å². The average Bonchev–Trinajstić information content (AvgIpc) is 3.41. The van der Waals surface area contributed by atoms with Gasteiger partial charge in [0.1, 0.15) is 0 Å². The molecule has 2 aromatic heterocycles. The summed E-state index contributed by atoms with van der Waals surface area (Å²) < 4.78 is 1.93. The zero-order valence-electron chi connectivity index (χ0n) is 23.0. The summed E-state index contributed by atoms with van der Waals surface area (Å²) in [5.74, 6) is 0.839. The van der Waals surface area contributed by atoms with E-state index in [9.17, 15) is 4.79 Å². The van der Waals surface area contributed by atoms with Gasteiger partial charge >= 0.3 is 0 Å². The summed E-state index contributed by atoms with van der Waals surface area (Å²) >= 11 is 0. The third kappa shape index (κ3) is 6.15. The highest BCUT2D eigenvalue weighted by atomic mass is 16.1. The van der Waals surface area contributed by atoms with Gasteiger partial charge in [-0.15, -0.1) is 5.10 Å². The largest absolute Gasteiger partial charge is 0.321 e. The Labute approximate surface area is 229 Å². The zero-order valence-corrected chi connectivity index (χ0v) is 23.0. The molecule has 0 aliphatic rings. The predicted octanol–water partition coefficient (Wildman–Crippen LogP) is 5.57. The van der Waals surface area contributed by atoms with Crippen LogP contribution >= 0.6 is 0 Å². The van der Waals surface area contributed by atoms with Gasteiger partial charge in [0.05, 0.1) is 11.6 Å². The molecule has 200 valence electrons. The number of fused-ring (bicyclic) bond motifs is 1. The van der Waals surface area contributed by atoms with E-state index in [-0.39, 0.29) is 11.6 Å². The molecule has 3 aromatic carbocycles. The minimum atomic E-state index is -0.0452. The third-order valence-electron chi connectivity index (χ3n) is 7.61. The molecule has 0 bridgehead atoms. The Kier molecular flexibility index (Phi) is 8.27. The molecule has 0 aliphatic carbocycles. The van der Waals surface area contributed by atoms with E-state index >= 15 is 0 Å². The maximum atomic E-state index is 13.2. The second-order valence-corrected chi connectivity index (χ2v) is 10.2. The van der Waals surface area contributed by atoms with Gasteiger partial charge in [0.25, 0.3) is 5.56 Å². The molecule has 0 amide bonds. The SMILES string of the molecule is CC[C@@H](c1nnnn1CCc1ccccc1)N(CCc1ccccc1C)Cc1cc2cccc(C)c2[nH]c1=O. The first-order valence-electron chi connectivity index (χ1n) is 13.7. The number of nitrogens with zero attached hydrogens (tertiary/aromatic N) is 5. The first-order chi connectivity index (χ1) is 19.0. The number of hydrogen-bond donors (Lipinski definition) is 1. The quantitative estimate of drug-likeness (QED) is 0.246. The molecule has 39 heavy (non-hydrogen) atoms. The minimum absolute atomic E-state index is 0.0348. The summed E-state index contributed by atoms with van der Waals surface area (Å²) in [5.41, 5.74) is 6.50. The number of pyridine rings is 1. The fraction of sp³-hybridized carbons (Fsp3) is 0.312. The molecule has 0 saturated heterocycles. The Hall–Kier alpha value is -4.10. The Balaban J connectivity index is 1.46. The van der Waals surface area contributed by atoms with Gasteiger partial charge in [-0.05, 0) is 77.2 Å². The fourth-order valence-electron chi connectivity index (χ4n) is 5.36. The number of hydrogen-bond acceptors (Lipinski definition) is 5. The van der Waals surface area contributed by atoms with E-state index in [1.807, 2.05) is 35.9 Å². The van der Waals surface area contributed by atoms with E-state index in [4.69, 9.17) is 0 Å². The van der Waals surface area contributed by atoms with E-state index in [1.54, 1.807) is 0 Å². The van der Waals surface area contributed by atoms with Crippen molar-refractivity contribution in [3.8, 4) is 0 Å². The topological polar surface area (TPSA) is 79.7 Å². The van der Waals surface area contributed by atoms with Crippen molar-refractivity contribution in [2.45, 2.75) is 59.2 Å². The number of rotatable bonds is 11. The monoisotopic (exact) mass is 520 g/mol. The van der Waals surface area contributed by atoms with Crippen molar-refractivity contribution in [1.82, 2.24) is 30.1 Å². The van der Waals surface area contributed by atoms with Crippen LogP contribution in [0.15, 0.2) is 83.7 Å². The molecular formula is C32H36N6O. The molecule has 0 saturated carbocycles. The van der Waals surface area contributed by atoms with Crippen molar-refractivity contribution in [3.05, 3.63) is 123 Å². The van der Waals surface area contributed by atoms with E-state index in [0.29, 0.717) is 13.1 Å². The van der Waals surface area contributed by atoms with Crippen molar-refractivity contribution >= 4 is 10.9 Å². The maximum Gasteiger partial charge on any atom is 0.252 e. The average molecular weight is 521 g/mol. The van der Waals surface area contributed by atoms with E-state index in [2.05, 4.69) is 93.9 Å². The van der Waals surface area contributed by atoms with Crippen LogP contribution in [0.4, 0.5) is 0 Å². The lowest BCUT2D eigenvalue weighted by Gasteiger charge is -2.30. The lowest BCUT2D eigenvalue weighted by atomic mass is 10.0. The third-order valence-corrected chi connectivity index (χ3v) is 7.61. The van der Waals surface area contributed by atoms with Crippen LogP contribution in [-0.2, 0) is 25.9 Å². The van der Waals surface area contributed by atoms with Gasteiger partial charge in [-0.25, -0.2) is 4.68 Å². The van der Waals surface area contributed by atoms with Crippen LogP contribution in [0.1, 0.15) is 53.0 Å². The van der Waals surface area contributed by atoms with Crippen LogP contribution in [-0.4, -0.2) is 36.6 Å². The molecule has 0 aliphatic heterocycles. The molecule has 5 aromatic rings. The molecule has 0 fully saturated rings. The number of aromatic nitrogens is 5. The normalized spacial score (nSPS) is 12.3. The number of aryl methyl sites for hydroxylation is 4. The van der Waals surface area contributed by atoms with Crippen LogP contribution in [0.3, 0.4) is 0 Å². The first-order valence-corrected chi connectivity index (χ1v) is 13.7. The second kappa shape index (κ2) is 12.2. The van der Waals surface area contributed by atoms with Crippen molar-refractivity contribution in [2.75, 3.05) is 6.54 Å². The molecular weight excluding hydrogens is 484 g/mol. The summed E-state index contributed by atoms with van der Waals surface area (Å²) in [6, 6.07) is 27.0. The smallest absolute Gasteiger partial charge is 0.252 e. The van der Waals surface area contributed by atoms with Gasteiger partial charge in [0.15, 0.2) is 5.82 Å². The molecule has 0 spiro atoms. The highest BCUT2D eigenvalue weighted by molar-refractivity contribution is 5.81. The van der Waals surface area contributed by atoms with E-state index in [0.717, 1.165) is 53.7 Å². The molecule has 1 N–H and O–H groups in total. The van der Waals surface area contributed by atoms with Crippen molar-refractivity contribution in [1.29, 1.82) is 0 Å². The standard InChI is InChI=1S/C32H36N6O/c1-4-29(31-34-35-36-38(31)20-17-25-13-6-5-7-14-25)37(19-18-26-15-9-8-11-23(26)2)22-28-21-27-16-10-12-24(3)30(27)33-32(28)39/h5-16,21,29H,4,17-20,22H2,1-3H3,(H,33,39)/t29-/m0/s1. The number of nitrogens with one attached hydrogen (secondary N) is 1. The summed E-state index contributed by atoms with van der Waals surface area (Å²) in [7, 11) is 0. The highest BCUT2D eigenvalue weighted by Gasteiger charge is 2.26. The summed E-state index contributed by atoms with van der Waals surface area (Å²) in [4.78, 5) is 18.7. The van der Waals surface area contributed by atoms with Crippen molar-refractivity contribution in [2.24, 2.45) is 0 Å². The number of benzene rings is 3. The molecule has 0 unspecified atom stereocenters. The summed E-state index contributed by atoms with van der Waals surface area (Å²) in [6.45, 7) is 8.32.